The fraction of sp³-hybridized carbons (Fsp3) is 0. The third-order valence-electron chi connectivity index (χ3n) is 0. The molecule has 0 aliphatic rings. The van der Waals surface area contributed by atoms with Gasteiger partial charge in [0.15, 0.2) is 0 Å². The largest absolute Gasteiger partial charge is 2.00 e. The molecule has 0 atom stereocenters. The van der Waals surface area contributed by atoms with Gasteiger partial charge in [0.05, 0.1) is 15.3 Å². The number of nitrogens with zero attached hydrogens (tertiary/aromatic N) is 3. The molecule has 0 bridgehead atoms. The maximum atomic E-state index is 8.25. The van der Waals surface area contributed by atoms with E-state index >= 15 is 0 Å². The first-order valence-electron chi connectivity index (χ1n) is 1.64. The van der Waals surface area contributed by atoms with Crippen LogP contribution in [0.25, 0.3) is 0 Å². The number of rotatable bonds is 0. The molecule has 0 radical (unpaired) electrons. The SMILES string of the molecule is O=[N+]([O-])[O-].O=[N+]([O-])[O-].O=[N+]([O-])[O-].[Ag+].[Ni+2]. The van der Waals surface area contributed by atoms with Crippen molar-refractivity contribution >= 4 is 0 Å². The molecule has 0 fully saturated rings. The topological polar surface area (TPSA) is 199 Å². The van der Waals surface area contributed by atoms with Gasteiger partial charge in [0.1, 0.15) is 0 Å². The Hall–Kier alpha value is -1.17. The van der Waals surface area contributed by atoms with Crippen molar-refractivity contribution in [3.63, 3.8) is 0 Å². The van der Waals surface area contributed by atoms with Crippen LogP contribution in [0.5, 0.6) is 0 Å². The fourth-order valence-corrected chi connectivity index (χ4v) is 0. The van der Waals surface area contributed by atoms with Crippen molar-refractivity contribution in [2.24, 2.45) is 0 Å². The van der Waals surface area contributed by atoms with Crippen molar-refractivity contribution in [1.29, 1.82) is 0 Å². The molecular formula is AgN3NiO9. The fourth-order valence-electron chi connectivity index (χ4n) is 0. The van der Waals surface area contributed by atoms with Crippen LogP contribution in [0.4, 0.5) is 0 Å². The summed E-state index contributed by atoms with van der Waals surface area (Å²) in [5.74, 6) is 0. The van der Waals surface area contributed by atoms with Gasteiger partial charge < -0.3 is 46.0 Å². The summed E-state index contributed by atoms with van der Waals surface area (Å²) in [5.41, 5.74) is 0. The minimum atomic E-state index is -1.75. The van der Waals surface area contributed by atoms with Crippen LogP contribution >= 0.6 is 0 Å². The van der Waals surface area contributed by atoms with E-state index in [2.05, 4.69) is 0 Å². The second-order valence-electron chi connectivity index (χ2n) is 0.671. The average molecular weight is 353 g/mol. The summed E-state index contributed by atoms with van der Waals surface area (Å²) < 4.78 is 0. The van der Waals surface area contributed by atoms with E-state index < -0.39 is 15.3 Å². The van der Waals surface area contributed by atoms with E-state index in [0.29, 0.717) is 0 Å². The first kappa shape index (κ1) is 29.3. The van der Waals surface area contributed by atoms with Crippen LogP contribution in [0.3, 0.4) is 0 Å². The van der Waals surface area contributed by atoms with Gasteiger partial charge in [0.25, 0.3) is 0 Å². The Morgan fingerprint density at radius 1 is 0.571 bits per heavy atom. The monoisotopic (exact) mass is 351 g/mol. The van der Waals surface area contributed by atoms with Crippen LogP contribution in [0.15, 0.2) is 0 Å². The van der Waals surface area contributed by atoms with Gasteiger partial charge in [-0.15, -0.1) is 0 Å². The van der Waals surface area contributed by atoms with Crippen LogP contribution in [0.1, 0.15) is 0 Å². The summed E-state index contributed by atoms with van der Waals surface area (Å²) in [6.07, 6.45) is 0. The maximum Gasteiger partial charge on any atom is 2.00 e. The van der Waals surface area contributed by atoms with Crippen LogP contribution in [-0.4, -0.2) is 15.3 Å². The van der Waals surface area contributed by atoms with Crippen LogP contribution in [0, 0.1) is 46.0 Å². The summed E-state index contributed by atoms with van der Waals surface area (Å²) >= 11 is 0. The Balaban J connectivity index is -0.0000000270. The van der Waals surface area contributed by atoms with Gasteiger partial charge in [-0.3, -0.25) is 0 Å². The van der Waals surface area contributed by atoms with Crippen molar-refractivity contribution in [3.05, 3.63) is 46.0 Å². The van der Waals surface area contributed by atoms with E-state index in [1.807, 2.05) is 0 Å². The molecule has 90 valence electrons. The molecule has 0 spiro atoms. The average Bonchev–Trinajstić information content (AvgIpc) is 1.54. The third-order valence-corrected chi connectivity index (χ3v) is 0. The Bertz CT molecular complexity index is 118. The van der Waals surface area contributed by atoms with Gasteiger partial charge in [-0.25, -0.2) is 0 Å². The van der Waals surface area contributed by atoms with Gasteiger partial charge in [-0.05, 0) is 0 Å². The summed E-state index contributed by atoms with van der Waals surface area (Å²) in [6.45, 7) is 0. The predicted molar refractivity (Wildman–Crippen MR) is 31.1 cm³/mol. The summed E-state index contributed by atoms with van der Waals surface area (Å²) in [6, 6.07) is 0. The van der Waals surface area contributed by atoms with E-state index in [4.69, 9.17) is 46.0 Å². The molecular weight excluding hydrogens is 353 g/mol. The van der Waals surface area contributed by atoms with Gasteiger partial charge in [-0.1, -0.05) is 0 Å². The standard InChI is InChI=1S/Ag.3NO3.Ni/c;3*2-1(3)4;/q+1;3*-1;+2. The van der Waals surface area contributed by atoms with Gasteiger partial charge >= 0.3 is 38.9 Å². The summed E-state index contributed by atoms with van der Waals surface area (Å²) in [7, 11) is 0. The van der Waals surface area contributed by atoms with E-state index in [-0.39, 0.29) is 38.9 Å². The number of hydrogen-bond acceptors (Lipinski definition) is 9. The summed E-state index contributed by atoms with van der Waals surface area (Å²) in [5, 5.41) is 44.2. The third kappa shape index (κ3) is 770. The molecule has 0 aromatic rings. The van der Waals surface area contributed by atoms with Crippen molar-refractivity contribution in [3.8, 4) is 0 Å². The number of hydrogen-bond donors (Lipinski definition) is 0. The first-order valence-corrected chi connectivity index (χ1v) is 1.64. The first-order chi connectivity index (χ1) is 5.20. The minimum absolute atomic E-state index is 0. The van der Waals surface area contributed by atoms with E-state index in [0.717, 1.165) is 0 Å². The molecule has 0 unspecified atom stereocenters. The zero-order valence-electron chi connectivity index (χ0n) is 5.63. The van der Waals surface area contributed by atoms with E-state index in [1.165, 1.54) is 0 Å². The molecule has 0 amide bonds. The Morgan fingerprint density at radius 2 is 0.571 bits per heavy atom. The van der Waals surface area contributed by atoms with Gasteiger partial charge in [0.2, 0.25) is 0 Å². The Labute approximate surface area is 100 Å². The van der Waals surface area contributed by atoms with Gasteiger partial charge in [0, 0.05) is 0 Å². The van der Waals surface area contributed by atoms with Crippen molar-refractivity contribution in [2.75, 3.05) is 0 Å². The normalized spacial score (nSPS) is 5.14. The van der Waals surface area contributed by atoms with Crippen molar-refractivity contribution < 1.29 is 54.1 Å². The smallest absolute Gasteiger partial charge is 0.356 e. The second kappa shape index (κ2) is 22.6. The zero-order valence-corrected chi connectivity index (χ0v) is 8.10. The van der Waals surface area contributed by atoms with Crippen LogP contribution < -0.4 is 0 Å². The van der Waals surface area contributed by atoms with E-state index in [9.17, 15) is 0 Å². The molecule has 0 saturated heterocycles. The molecule has 0 aromatic carbocycles. The zero-order chi connectivity index (χ0) is 10.7. The molecule has 0 heterocycles. The Kier molecular flexibility index (Phi) is 47.3. The maximum absolute atomic E-state index is 8.25. The molecule has 0 saturated carbocycles. The molecule has 14 heavy (non-hydrogen) atoms. The van der Waals surface area contributed by atoms with Crippen molar-refractivity contribution in [2.45, 2.75) is 0 Å². The van der Waals surface area contributed by atoms with Crippen LogP contribution in [0.2, 0.25) is 0 Å². The predicted octanol–water partition coefficient (Wildman–Crippen LogP) is -0.722. The quantitative estimate of drug-likeness (QED) is 0.306. The molecule has 14 heteroatoms. The molecule has 12 nitrogen and oxygen atoms in total. The molecule has 0 rings (SSSR count). The molecule has 0 aliphatic carbocycles. The van der Waals surface area contributed by atoms with Crippen molar-refractivity contribution in [1.82, 2.24) is 0 Å². The van der Waals surface area contributed by atoms with Crippen LogP contribution in [-0.2, 0) is 38.9 Å². The summed E-state index contributed by atoms with van der Waals surface area (Å²) in [4.78, 5) is 24.8. The molecule has 0 aromatic heterocycles. The van der Waals surface area contributed by atoms with E-state index in [1.54, 1.807) is 0 Å². The molecule has 0 aliphatic heterocycles. The van der Waals surface area contributed by atoms with Gasteiger partial charge in [-0.2, -0.15) is 0 Å². The second-order valence-corrected chi connectivity index (χ2v) is 0.671. The minimum Gasteiger partial charge on any atom is -0.356 e. The Morgan fingerprint density at radius 3 is 0.571 bits per heavy atom. The molecule has 0 N–H and O–H groups in total.